The fourth-order valence-electron chi connectivity index (χ4n) is 3.26. The first kappa shape index (κ1) is 25.2. The first-order valence-electron chi connectivity index (χ1n) is 10.3. The van der Waals surface area contributed by atoms with Crippen LogP contribution in [0.2, 0.25) is 0 Å². The SMILES string of the molecule is CCc1ccc(-c2cc(-c3ccc(OCCCC(F)(F)F)cc3F)[nH]c(=O)c2/C(N)=N/NN)s1. The van der Waals surface area contributed by atoms with Crippen LogP contribution in [-0.2, 0) is 6.42 Å². The third-order valence-electron chi connectivity index (χ3n) is 4.85. The summed E-state index contributed by atoms with van der Waals surface area (Å²) >= 11 is 1.46. The molecule has 0 fully saturated rings. The molecule has 0 aliphatic rings. The molecular weight excluding hydrogens is 474 g/mol. The molecule has 2 heterocycles. The zero-order chi connectivity index (χ0) is 24.9. The Bertz CT molecular complexity index is 1240. The number of nitrogens with zero attached hydrogens (tertiary/aromatic N) is 1. The Morgan fingerprint density at radius 1 is 1.21 bits per heavy atom. The number of aromatic nitrogens is 1. The van der Waals surface area contributed by atoms with Crippen LogP contribution in [0.3, 0.4) is 0 Å². The second-order valence-electron chi connectivity index (χ2n) is 7.26. The number of aryl methyl sites for hydroxylation is 1. The van der Waals surface area contributed by atoms with Crippen LogP contribution in [0.1, 0.15) is 30.2 Å². The minimum Gasteiger partial charge on any atom is -0.493 e. The molecule has 0 saturated heterocycles. The molecule has 7 nitrogen and oxygen atoms in total. The van der Waals surface area contributed by atoms with E-state index >= 15 is 0 Å². The Morgan fingerprint density at radius 2 is 1.97 bits per heavy atom. The molecule has 34 heavy (non-hydrogen) atoms. The number of pyridine rings is 1. The van der Waals surface area contributed by atoms with Crippen molar-refractivity contribution in [2.45, 2.75) is 32.4 Å². The Morgan fingerprint density at radius 3 is 2.59 bits per heavy atom. The lowest BCUT2D eigenvalue weighted by molar-refractivity contribution is -0.136. The molecule has 0 aliphatic carbocycles. The topological polar surface area (TPSA) is 119 Å². The monoisotopic (exact) mass is 497 g/mol. The first-order chi connectivity index (χ1) is 16.1. The smallest absolute Gasteiger partial charge is 0.389 e. The molecule has 0 bridgehead atoms. The largest absolute Gasteiger partial charge is 0.493 e. The van der Waals surface area contributed by atoms with Gasteiger partial charge >= 0.3 is 6.18 Å². The molecule has 0 radical (unpaired) electrons. The summed E-state index contributed by atoms with van der Waals surface area (Å²) in [5, 5.41) is 3.70. The van der Waals surface area contributed by atoms with Gasteiger partial charge in [0.25, 0.3) is 5.56 Å². The average Bonchev–Trinajstić information content (AvgIpc) is 3.25. The van der Waals surface area contributed by atoms with Crippen LogP contribution < -0.4 is 27.4 Å². The van der Waals surface area contributed by atoms with Crippen molar-refractivity contribution in [1.82, 2.24) is 10.5 Å². The van der Waals surface area contributed by atoms with E-state index in [-0.39, 0.29) is 41.4 Å². The van der Waals surface area contributed by atoms with Crippen LogP contribution in [0.15, 0.2) is 46.3 Å². The van der Waals surface area contributed by atoms with Crippen LogP contribution >= 0.6 is 11.3 Å². The van der Waals surface area contributed by atoms with E-state index in [2.05, 4.69) is 15.6 Å². The molecule has 12 heteroatoms. The van der Waals surface area contributed by atoms with Crippen molar-refractivity contribution in [3.8, 4) is 27.4 Å². The number of ether oxygens (including phenoxy) is 1. The van der Waals surface area contributed by atoms with Gasteiger partial charge in [-0.25, -0.2) is 15.8 Å². The maximum atomic E-state index is 14.9. The summed E-state index contributed by atoms with van der Waals surface area (Å²) in [6.07, 6.45) is -4.71. The number of nitrogens with one attached hydrogen (secondary N) is 2. The number of aromatic amines is 1. The van der Waals surface area contributed by atoms with Crippen molar-refractivity contribution < 1.29 is 22.3 Å². The van der Waals surface area contributed by atoms with Gasteiger partial charge in [0.2, 0.25) is 0 Å². The molecule has 0 unspecified atom stereocenters. The molecule has 1 aromatic carbocycles. The van der Waals surface area contributed by atoms with Crippen LogP contribution in [-0.4, -0.2) is 23.6 Å². The molecule has 2 aromatic heterocycles. The maximum Gasteiger partial charge on any atom is 0.389 e. The van der Waals surface area contributed by atoms with Gasteiger partial charge in [0.05, 0.1) is 17.9 Å². The summed E-state index contributed by atoms with van der Waals surface area (Å²) in [5.74, 6) is 4.44. The van der Waals surface area contributed by atoms with Crippen LogP contribution in [0.5, 0.6) is 5.75 Å². The van der Waals surface area contributed by atoms with E-state index in [1.165, 1.54) is 23.5 Å². The van der Waals surface area contributed by atoms with Gasteiger partial charge in [0.15, 0.2) is 5.84 Å². The second-order valence-corrected chi connectivity index (χ2v) is 8.42. The Balaban J connectivity index is 1.97. The van der Waals surface area contributed by atoms with Gasteiger partial charge in [-0.3, -0.25) is 4.79 Å². The number of hydrazone groups is 1. The minimum absolute atomic E-state index is 0.0762. The highest BCUT2D eigenvalue weighted by Crippen LogP contribution is 2.33. The van der Waals surface area contributed by atoms with E-state index in [4.69, 9.17) is 16.3 Å². The van der Waals surface area contributed by atoms with Gasteiger partial charge in [0, 0.05) is 33.4 Å². The molecule has 0 atom stereocenters. The van der Waals surface area contributed by atoms with E-state index in [9.17, 15) is 22.4 Å². The summed E-state index contributed by atoms with van der Waals surface area (Å²) < 4.78 is 56.8. The summed E-state index contributed by atoms with van der Waals surface area (Å²) in [4.78, 5) is 17.3. The molecule has 0 amide bonds. The molecule has 3 aromatic rings. The predicted octanol–water partition coefficient (Wildman–Crippen LogP) is 4.28. The zero-order valence-corrected chi connectivity index (χ0v) is 18.9. The number of H-pyrrole nitrogens is 1. The van der Waals surface area contributed by atoms with Crippen LogP contribution in [0, 0.1) is 5.82 Å². The molecule has 6 N–H and O–H groups in total. The van der Waals surface area contributed by atoms with Crippen molar-refractivity contribution in [1.29, 1.82) is 0 Å². The maximum absolute atomic E-state index is 14.9. The third-order valence-corrected chi connectivity index (χ3v) is 6.12. The number of nitrogens with two attached hydrogens (primary N) is 2. The Hall–Kier alpha value is -3.38. The summed E-state index contributed by atoms with van der Waals surface area (Å²) in [7, 11) is 0. The zero-order valence-electron chi connectivity index (χ0n) is 18.1. The lowest BCUT2D eigenvalue weighted by Gasteiger charge is -2.12. The number of thiophene rings is 1. The van der Waals surface area contributed by atoms with Crippen LogP contribution in [0.25, 0.3) is 21.7 Å². The average molecular weight is 498 g/mol. The minimum atomic E-state index is -4.27. The standard InChI is InChI=1S/C22H23F4N5O2S/c1-2-13-5-7-18(34-13)15-11-17(29-21(32)19(15)20(27)30-31-28)14-6-4-12(10-16(14)23)33-9-3-8-22(24,25)26/h4-7,10-11,31H,2-3,8-9,28H2,1H3,(H2,27,30)(H,29,32). The van der Waals surface area contributed by atoms with Crippen molar-refractivity contribution >= 4 is 17.2 Å². The highest BCUT2D eigenvalue weighted by molar-refractivity contribution is 7.15. The highest BCUT2D eigenvalue weighted by atomic mass is 32.1. The first-order valence-corrected chi connectivity index (χ1v) is 11.1. The van der Waals surface area contributed by atoms with Crippen molar-refractivity contribution in [2.24, 2.45) is 16.7 Å². The molecule has 182 valence electrons. The van der Waals surface area contributed by atoms with Gasteiger partial charge in [0.1, 0.15) is 11.6 Å². The predicted molar refractivity (Wildman–Crippen MR) is 124 cm³/mol. The fraction of sp³-hybridized carbons (Fsp3) is 0.273. The van der Waals surface area contributed by atoms with E-state index in [0.29, 0.717) is 5.56 Å². The normalized spacial score (nSPS) is 12.1. The number of hydrogen-bond donors (Lipinski definition) is 4. The number of amidine groups is 1. The quantitative estimate of drug-likeness (QED) is 0.0879. The highest BCUT2D eigenvalue weighted by Gasteiger charge is 2.26. The molecular formula is C22H23F4N5O2S. The van der Waals surface area contributed by atoms with Crippen molar-refractivity contribution in [2.75, 3.05) is 6.61 Å². The van der Waals surface area contributed by atoms with Crippen molar-refractivity contribution in [3.05, 3.63) is 63.0 Å². The van der Waals surface area contributed by atoms with Crippen LogP contribution in [0.4, 0.5) is 17.6 Å². The Kier molecular flexibility index (Phi) is 7.94. The van der Waals surface area contributed by atoms with Crippen molar-refractivity contribution in [3.63, 3.8) is 0 Å². The number of alkyl halides is 3. The van der Waals surface area contributed by atoms with Gasteiger partial charge in [-0.15, -0.1) is 16.4 Å². The number of hydrogen-bond acceptors (Lipinski definition) is 6. The van der Waals surface area contributed by atoms with Gasteiger partial charge in [-0.1, -0.05) is 6.92 Å². The third kappa shape index (κ3) is 6.14. The van der Waals surface area contributed by atoms with E-state index in [1.807, 2.05) is 19.1 Å². The molecule has 0 spiro atoms. The van der Waals surface area contributed by atoms with E-state index < -0.39 is 24.0 Å². The van der Waals surface area contributed by atoms with E-state index in [1.54, 1.807) is 6.07 Å². The molecule has 0 aliphatic heterocycles. The summed E-state index contributed by atoms with van der Waals surface area (Å²) in [5.41, 5.74) is 8.19. The lowest BCUT2D eigenvalue weighted by Crippen LogP contribution is -2.29. The summed E-state index contributed by atoms with van der Waals surface area (Å²) in [6.45, 7) is 1.79. The number of halogens is 4. The Labute approximate surface area is 196 Å². The number of benzene rings is 1. The lowest BCUT2D eigenvalue weighted by atomic mass is 10.0. The molecule has 3 rings (SSSR count). The number of hydrazine groups is 1. The van der Waals surface area contributed by atoms with Gasteiger partial charge in [-0.2, -0.15) is 13.2 Å². The second kappa shape index (κ2) is 10.7. The van der Waals surface area contributed by atoms with Gasteiger partial charge in [-0.05, 0) is 43.2 Å². The number of rotatable bonds is 9. The van der Waals surface area contributed by atoms with E-state index in [0.717, 1.165) is 22.2 Å². The van der Waals surface area contributed by atoms with Gasteiger partial charge < -0.3 is 15.5 Å². The summed E-state index contributed by atoms with van der Waals surface area (Å²) in [6, 6.07) is 9.21. The fourth-order valence-corrected chi connectivity index (χ4v) is 4.23. The molecule has 0 saturated carbocycles.